The lowest BCUT2D eigenvalue weighted by molar-refractivity contribution is -0.131. The van der Waals surface area contributed by atoms with E-state index in [1.807, 2.05) is 0 Å². The Morgan fingerprint density at radius 3 is 2.03 bits per heavy atom. The van der Waals surface area contributed by atoms with Crippen LogP contribution in [0.5, 0.6) is 0 Å². The summed E-state index contributed by atoms with van der Waals surface area (Å²) in [5.41, 5.74) is 0.344. The number of Topliss-reactive ketones (excluding diaryl/α,β-unsaturated/α-hetero) is 1. The van der Waals surface area contributed by atoms with E-state index in [-0.39, 0.29) is 49.1 Å². The number of amides is 1. The third kappa shape index (κ3) is 5.28. The van der Waals surface area contributed by atoms with Crippen molar-refractivity contribution in [3.8, 4) is 0 Å². The SMILES string of the molecule is O=C(CCC(=O)N1CCCN(S(=O)(=O)c2ccc(F)cc2)CC1)c1ccc(F)cc1. The number of ketones is 1. The number of hydrogen-bond acceptors (Lipinski definition) is 4. The molecule has 9 heteroatoms. The van der Waals surface area contributed by atoms with Crippen LogP contribution in [0.1, 0.15) is 29.6 Å². The minimum Gasteiger partial charge on any atom is -0.341 e. The van der Waals surface area contributed by atoms with Gasteiger partial charge in [0.05, 0.1) is 4.90 Å². The van der Waals surface area contributed by atoms with E-state index in [0.29, 0.717) is 18.5 Å². The zero-order valence-corrected chi connectivity index (χ0v) is 17.1. The fourth-order valence-corrected chi connectivity index (χ4v) is 4.77. The van der Waals surface area contributed by atoms with E-state index in [1.165, 1.54) is 40.7 Å². The third-order valence-corrected chi connectivity index (χ3v) is 6.90. The normalized spacial score (nSPS) is 15.6. The standard InChI is InChI=1S/C21H22F2N2O4S/c22-17-4-2-16(3-5-17)20(26)10-11-21(27)24-12-1-13-25(15-14-24)30(28,29)19-8-6-18(23)7-9-19/h2-9H,1,10-15H2. The zero-order valence-electron chi connectivity index (χ0n) is 16.3. The molecular weight excluding hydrogens is 414 g/mol. The van der Waals surface area contributed by atoms with Crippen LogP contribution in [0.25, 0.3) is 0 Å². The van der Waals surface area contributed by atoms with Crippen LogP contribution < -0.4 is 0 Å². The molecule has 0 aliphatic carbocycles. The molecule has 1 saturated heterocycles. The maximum Gasteiger partial charge on any atom is 0.243 e. The highest BCUT2D eigenvalue weighted by Gasteiger charge is 2.28. The Morgan fingerprint density at radius 1 is 0.800 bits per heavy atom. The molecule has 0 bridgehead atoms. The number of halogens is 2. The Bertz CT molecular complexity index is 1010. The van der Waals surface area contributed by atoms with Crippen LogP contribution in [0.3, 0.4) is 0 Å². The molecule has 0 unspecified atom stereocenters. The first-order chi connectivity index (χ1) is 14.3. The monoisotopic (exact) mass is 436 g/mol. The molecule has 0 atom stereocenters. The minimum absolute atomic E-state index is 0.000915. The lowest BCUT2D eigenvalue weighted by Crippen LogP contribution is -2.37. The maximum absolute atomic E-state index is 13.1. The van der Waals surface area contributed by atoms with Gasteiger partial charge in [0.15, 0.2) is 5.78 Å². The largest absolute Gasteiger partial charge is 0.341 e. The van der Waals surface area contributed by atoms with Crippen molar-refractivity contribution >= 4 is 21.7 Å². The molecule has 0 saturated carbocycles. The van der Waals surface area contributed by atoms with E-state index in [1.54, 1.807) is 4.90 Å². The van der Waals surface area contributed by atoms with Gasteiger partial charge >= 0.3 is 0 Å². The first-order valence-corrected chi connectivity index (χ1v) is 11.0. The van der Waals surface area contributed by atoms with Gasteiger partial charge in [-0.2, -0.15) is 4.31 Å². The Hall–Kier alpha value is -2.65. The van der Waals surface area contributed by atoms with Crippen molar-refractivity contribution in [3.05, 3.63) is 65.7 Å². The van der Waals surface area contributed by atoms with Gasteiger partial charge in [-0.15, -0.1) is 0 Å². The molecule has 0 aromatic heterocycles. The van der Waals surface area contributed by atoms with Gasteiger partial charge in [-0.25, -0.2) is 17.2 Å². The highest BCUT2D eigenvalue weighted by Crippen LogP contribution is 2.19. The number of rotatable bonds is 6. The molecule has 1 fully saturated rings. The predicted octanol–water partition coefficient (Wildman–Crippen LogP) is 2.85. The summed E-state index contributed by atoms with van der Waals surface area (Å²) in [7, 11) is -3.77. The average molecular weight is 436 g/mol. The zero-order chi connectivity index (χ0) is 21.7. The summed E-state index contributed by atoms with van der Waals surface area (Å²) < 4.78 is 52.8. The first kappa shape index (κ1) is 22.0. The van der Waals surface area contributed by atoms with Crippen molar-refractivity contribution in [3.63, 3.8) is 0 Å². The van der Waals surface area contributed by atoms with Crippen molar-refractivity contribution in [1.82, 2.24) is 9.21 Å². The molecule has 0 N–H and O–H groups in total. The molecule has 2 aromatic rings. The first-order valence-electron chi connectivity index (χ1n) is 9.59. The Morgan fingerprint density at radius 2 is 1.40 bits per heavy atom. The van der Waals surface area contributed by atoms with Crippen molar-refractivity contribution in [2.24, 2.45) is 0 Å². The highest BCUT2D eigenvalue weighted by atomic mass is 32.2. The molecule has 6 nitrogen and oxygen atoms in total. The molecule has 30 heavy (non-hydrogen) atoms. The summed E-state index contributed by atoms with van der Waals surface area (Å²) >= 11 is 0. The summed E-state index contributed by atoms with van der Waals surface area (Å²) in [6.45, 7) is 0.971. The van der Waals surface area contributed by atoms with E-state index >= 15 is 0 Å². The predicted molar refractivity (Wildman–Crippen MR) is 106 cm³/mol. The van der Waals surface area contributed by atoms with Crippen LogP contribution in [0, 0.1) is 11.6 Å². The van der Waals surface area contributed by atoms with Crippen LogP contribution in [0.2, 0.25) is 0 Å². The molecule has 0 radical (unpaired) electrons. The van der Waals surface area contributed by atoms with Crippen LogP contribution >= 0.6 is 0 Å². The average Bonchev–Trinajstić information content (AvgIpc) is 2.99. The summed E-state index contributed by atoms with van der Waals surface area (Å²) in [6, 6.07) is 9.79. The summed E-state index contributed by atoms with van der Waals surface area (Å²) in [4.78, 5) is 26.2. The van der Waals surface area contributed by atoms with Crippen molar-refractivity contribution < 1.29 is 26.8 Å². The molecule has 160 valence electrons. The third-order valence-electron chi connectivity index (χ3n) is 4.99. The van der Waals surface area contributed by atoms with E-state index in [9.17, 15) is 26.8 Å². The molecule has 1 aliphatic heterocycles. The van der Waals surface area contributed by atoms with Crippen LogP contribution in [-0.2, 0) is 14.8 Å². The van der Waals surface area contributed by atoms with Gasteiger partial charge in [-0.3, -0.25) is 9.59 Å². The van der Waals surface area contributed by atoms with Crippen LogP contribution in [0.4, 0.5) is 8.78 Å². The number of carbonyl (C=O) groups excluding carboxylic acids is 2. The van der Waals surface area contributed by atoms with Crippen LogP contribution in [0.15, 0.2) is 53.4 Å². The Kier molecular flexibility index (Phi) is 6.94. The van der Waals surface area contributed by atoms with Gasteiger partial charge in [-0.05, 0) is 55.0 Å². The highest BCUT2D eigenvalue weighted by molar-refractivity contribution is 7.89. The van der Waals surface area contributed by atoms with E-state index in [2.05, 4.69) is 0 Å². The second-order valence-electron chi connectivity index (χ2n) is 7.02. The van der Waals surface area contributed by atoms with E-state index < -0.39 is 21.7 Å². The molecule has 3 rings (SSSR count). The fraction of sp³-hybridized carbons (Fsp3) is 0.333. The smallest absolute Gasteiger partial charge is 0.243 e. The molecular formula is C21H22F2N2O4S. The molecule has 1 amide bonds. The molecule has 2 aromatic carbocycles. The number of carbonyl (C=O) groups is 2. The Balaban J connectivity index is 1.56. The van der Waals surface area contributed by atoms with Gasteiger partial charge in [0, 0.05) is 44.6 Å². The number of sulfonamides is 1. The van der Waals surface area contributed by atoms with Crippen molar-refractivity contribution in [2.75, 3.05) is 26.2 Å². The maximum atomic E-state index is 13.1. The summed E-state index contributed by atoms with van der Waals surface area (Å²) in [5.74, 6) is -1.44. The van der Waals surface area contributed by atoms with Gasteiger partial charge < -0.3 is 4.90 Å². The summed E-state index contributed by atoms with van der Waals surface area (Å²) in [6.07, 6.45) is 0.456. The molecule has 0 spiro atoms. The van der Waals surface area contributed by atoms with Crippen molar-refractivity contribution in [2.45, 2.75) is 24.2 Å². The van der Waals surface area contributed by atoms with Gasteiger partial charge in [-0.1, -0.05) is 0 Å². The van der Waals surface area contributed by atoms with Crippen molar-refractivity contribution in [1.29, 1.82) is 0 Å². The quantitative estimate of drug-likeness (QED) is 0.653. The van der Waals surface area contributed by atoms with Gasteiger partial charge in [0.25, 0.3) is 0 Å². The topological polar surface area (TPSA) is 74.8 Å². The molecule has 1 heterocycles. The lowest BCUT2D eigenvalue weighted by Gasteiger charge is -2.22. The van der Waals surface area contributed by atoms with E-state index in [4.69, 9.17) is 0 Å². The Labute approximate surface area is 174 Å². The number of benzene rings is 2. The second kappa shape index (κ2) is 9.44. The fourth-order valence-electron chi connectivity index (χ4n) is 3.30. The van der Waals surface area contributed by atoms with E-state index in [0.717, 1.165) is 12.1 Å². The minimum atomic E-state index is -3.77. The van der Waals surface area contributed by atoms with Gasteiger partial charge in [0.2, 0.25) is 15.9 Å². The lowest BCUT2D eigenvalue weighted by atomic mass is 10.1. The second-order valence-corrected chi connectivity index (χ2v) is 8.96. The number of hydrogen-bond donors (Lipinski definition) is 0. The van der Waals surface area contributed by atoms with Crippen LogP contribution in [-0.4, -0.2) is 55.5 Å². The number of nitrogens with zero attached hydrogens (tertiary/aromatic N) is 2. The summed E-state index contributed by atoms with van der Waals surface area (Å²) in [5, 5.41) is 0. The van der Waals surface area contributed by atoms with Gasteiger partial charge in [0.1, 0.15) is 11.6 Å². The molecule has 1 aliphatic rings.